The topological polar surface area (TPSA) is 89.9 Å². The van der Waals surface area contributed by atoms with Crippen molar-refractivity contribution in [2.45, 2.75) is 18.6 Å². The van der Waals surface area contributed by atoms with Crippen LogP contribution in [0.25, 0.3) is 10.9 Å². The number of carboxylic acids is 1. The molecule has 1 aromatic heterocycles. The Labute approximate surface area is 139 Å². The highest BCUT2D eigenvalue weighted by Gasteiger charge is 2.27. The van der Waals surface area contributed by atoms with Crippen LogP contribution in [0.2, 0.25) is 0 Å². The van der Waals surface area contributed by atoms with Crippen LogP contribution in [0.3, 0.4) is 0 Å². The number of methoxy groups -OCH3 is 1. The molecule has 2 aromatic rings. The molecule has 3 rings (SSSR count). The lowest BCUT2D eigenvalue weighted by Crippen LogP contribution is -2.44. The Kier molecular flexibility index (Phi) is 5.12. The number of aliphatic carboxylic acids is 1. The van der Waals surface area contributed by atoms with Crippen molar-refractivity contribution in [1.29, 1.82) is 0 Å². The van der Waals surface area contributed by atoms with Crippen molar-refractivity contribution in [2.24, 2.45) is 0 Å². The first-order chi connectivity index (χ1) is 11.7. The number of rotatable bonds is 6. The second-order valence-electron chi connectivity index (χ2n) is 5.59. The number of nitrogens with one attached hydrogen (secondary N) is 1. The third-order valence-corrected chi connectivity index (χ3v) is 3.95. The minimum absolute atomic E-state index is 0.155. The third-order valence-electron chi connectivity index (χ3n) is 3.95. The summed E-state index contributed by atoms with van der Waals surface area (Å²) in [6.07, 6.45) is 0.409. The molecule has 128 valence electrons. The molecule has 0 bridgehead atoms. The Morgan fingerprint density at radius 2 is 2.29 bits per heavy atom. The molecule has 1 saturated heterocycles. The molecule has 2 N–H and O–H groups in total. The van der Waals surface area contributed by atoms with Gasteiger partial charge in [-0.3, -0.25) is 0 Å². The highest BCUT2D eigenvalue weighted by Crippen LogP contribution is 2.25. The number of carboxylic acid groups (broad SMARTS) is 1. The summed E-state index contributed by atoms with van der Waals surface area (Å²) < 4.78 is 16.3. The zero-order valence-corrected chi connectivity index (χ0v) is 13.4. The minimum atomic E-state index is -0.978. The summed E-state index contributed by atoms with van der Waals surface area (Å²) in [5.41, 5.74) is 0.768. The number of ether oxygens (including phenoxy) is 3. The van der Waals surface area contributed by atoms with E-state index in [9.17, 15) is 4.79 Å². The lowest BCUT2D eigenvalue weighted by Gasteiger charge is -2.32. The number of fused-ring (bicyclic) bond motifs is 1. The van der Waals surface area contributed by atoms with Gasteiger partial charge in [0, 0.05) is 12.0 Å². The fourth-order valence-electron chi connectivity index (χ4n) is 2.79. The third kappa shape index (κ3) is 3.74. The molecule has 1 aliphatic rings. The molecule has 0 aliphatic carbocycles. The summed E-state index contributed by atoms with van der Waals surface area (Å²) in [6, 6.07) is 9.44. The van der Waals surface area contributed by atoms with Crippen molar-refractivity contribution < 1.29 is 24.1 Å². The summed E-state index contributed by atoms with van der Waals surface area (Å²) >= 11 is 0. The maximum absolute atomic E-state index is 10.7. The van der Waals surface area contributed by atoms with Crippen LogP contribution in [-0.4, -0.2) is 55.1 Å². The minimum Gasteiger partial charge on any atom is -0.494 e. The number of para-hydroxylation sites is 1. The van der Waals surface area contributed by atoms with E-state index in [4.69, 9.17) is 19.3 Å². The van der Waals surface area contributed by atoms with Crippen molar-refractivity contribution in [3.8, 4) is 5.75 Å². The van der Waals surface area contributed by atoms with Crippen LogP contribution in [0.5, 0.6) is 5.75 Å². The van der Waals surface area contributed by atoms with Gasteiger partial charge in [-0.25, -0.2) is 9.78 Å². The number of benzene rings is 1. The molecular formula is C17H20N2O5. The van der Waals surface area contributed by atoms with E-state index >= 15 is 0 Å². The van der Waals surface area contributed by atoms with Gasteiger partial charge in [-0.15, -0.1) is 0 Å². The van der Waals surface area contributed by atoms with E-state index in [2.05, 4.69) is 10.3 Å². The normalized spacial score (nSPS) is 20.7. The maximum Gasteiger partial charge on any atom is 0.329 e. The van der Waals surface area contributed by atoms with Crippen LogP contribution in [-0.2, 0) is 14.3 Å². The van der Waals surface area contributed by atoms with Crippen molar-refractivity contribution in [1.82, 2.24) is 4.98 Å². The average molecular weight is 332 g/mol. The SMILES string of the molecule is COc1cccc2ccc(N[C@@H]3COCC[C@@H]3OCC(=O)O)nc12. The van der Waals surface area contributed by atoms with Crippen LogP contribution in [0.15, 0.2) is 30.3 Å². The lowest BCUT2D eigenvalue weighted by atomic mass is 10.1. The zero-order valence-electron chi connectivity index (χ0n) is 13.4. The Hall–Kier alpha value is -2.38. The number of anilines is 1. The Morgan fingerprint density at radius 1 is 1.42 bits per heavy atom. The second-order valence-corrected chi connectivity index (χ2v) is 5.59. The van der Waals surface area contributed by atoms with Gasteiger partial charge < -0.3 is 24.6 Å². The number of carbonyl (C=O) groups is 1. The van der Waals surface area contributed by atoms with E-state index in [-0.39, 0.29) is 18.8 Å². The molecule has 2 heterocycles. The van der Waals surface area contributed by atoms with E-state index in [1.807, 2.05) is 30.3 Å². The first-order valence-electron chi connectivity index (χ1n) is 7.79. The van der Waals surface area contributed by atoms with E-state index in [1.165, 1.54) is 0 Å². The number of hydrogen-bond donors (Lipinski definition) is 2. The molecule has 0 unspecified atom stereocenters. The number of hydrogen-bond acceptors (Lipinski definition) is 6. The molecule has 2 atom stereocenters. The molecule has 24 heavy (non-hydrogen) atoms. The number of nitrogens with zero attached hydrogens (tertiary/aromatic N) is 1. The van der Waals surface area contributed by atoms with Crippen LogP contribution < -0.4 is 10.1 Å². The smallest absolute Gasteiger partial charge is 0.329 e. The van der Waals surface area contributed by atoms with Gasteiger partial charge >= 0.3 is 5.97 Å². The molecule has 0 amide bonds. The monoisotopic (exact) mass is 332 g/mol. The van der Waals surface area contributed by atoms with Crippen molar-refractivity contribution in [3.05, 3.63) is 30.3 Å². The molecule has 0 spiro atoms. The van der Waals surface area contributed by atoms with Crippen molar-refractivity contribution in [3.63, 3.8) is 0 Å². The van der Waals surface area contributed by atoms with Crippen molar-refractivity contribution in [2.75, 3.05) is 32.2 Å². The summed E-state index contributed by atoms with van der Waals surface area (Å²) in [5.74, 6) is 0.398. The molecule has 7 nitrogen and oxygen atoms in total. The van der Waals surface area contributed by atoms with E-state index in [0.29, 0.717) is 31.2 Å². The molecular weight excluding hydrogens is 312 g/mol. The lowest BCUT2D eigenvalue weighted by molar-refractivity contribution is -0.146. The predicted molar refractivity (Wildman–Crippen MR) is 88.5 cm³/mol. The molecule has 0 radical (unpaired) electrons. The maximum atomic E-state index is 10.7. The molecule has 1 aliphatic heterocycles. The van der Waals surface area contributed by atoms with E-state index in [0.717, 1.165) is 10.9 Å². The van der Waals surface area contributed by atoms with Gasteiger partial charge in [-0.1, -0.05) is 12.1 Å². The largest absolute Gasteiger partial charge is 0.494 e. The van der Waals surface area contributed by atoms with Gasteiger partial charge in [0.15, 0.2) is 0 Å². The molecule has 1 aromatic carbocycles. The Bertz CT molecular complexity index is 721. The first-order valence-corrected chi connectivity index (χ1v) is 7.79. The van der Waals surface area contributed by atoms with Gasteiger partial charge in [-0.2, -0.15) is 0 Å². The summed E-state index contributed by atoms with van der Waals surface area (Å²) in [6.45, 7) is 0.680. The Balaban J connectivity index is 1.78. The van der Waals surface area contributed by atoms with Crippen molar-refractivity contribution >= 4 is 22.7 Å². The van der Waals surface area contributed by atoms with Gasteiger partial charge in [0.05, 0.1) is 25.9 Å². The highest BCUT2D eigenvalue weighted by atomic mass is 16.5. The zero-order chi connectivity index (χ0) is 16.9. The average Bonchev–Trinajstić information content (AvgIpc) is 2.60. The highest BCUT2D eigenvalue weighted by molar-refractivity contribution is 5.85. The quantitative estimate of drug-likeness (QED) is 0.835. The number of aromatic nitrogens is 1. The Morgan fingerprint density at radius 3 is 3.08 bits per heavy atom. The van der Waals surface area contributed by atoms with Crippen LogP contribution in [0, 0.1) is 0 Å². The fraction of sp³-hybridized carbons (Fsp3) is 0.412. The summed E-state index contributed by atoms with van der Waals surface area (Å²) in [5, 5.41) is 13.1. The molecule has 1 fully saturated rings. The standard InChI is InChI=1S/C17H20N2O5/c1-22-14-4-2-3-11-5-6-15(19-17(11)14)18-12-9-23-8-7-13(12)24-10-16(20)21/h2-6,12-13H,7-10H2,1H3,(H,18,19)(H,20,21)/t12-,13+/m1/s1. The summed E-state index contributed by atoms with van der Waals surface area (Å²) in [7, 11) is 1.61. The van der Waals surface area contributed by atoms with Crippen LogP contribution in [0.1, 0.15) is 6.42 Å². The molecule has 0 saturated carbocycles. The second kappa shape index (κ2) is 7.46. The first kappa shape index (κ1) is 16.5. The van der Waals surface area contributed by atoms with E-state index in [1.54, 1.807) is 7.11 Å². The fourth-order valence-corrected chi connectivity index (χ4v) is 2.79. The van der Waals surface area contributed by atoms with E-state index < -0.39 is 5.97 Å². The van der Waals surface area contributed by atoms with Gasteiger partial charge in [-0.05, 0) is 24.6 Å². The van der Waals surface area contributed by atoms with Gasteiger partial charge in [0.1, 0.15) is 23.7 Å². The molecule has 7 heteroatoms. The van der Waals surface area contributed by atoms with Gasteiger partial charge in [0.2, 0.25) is 0 Å². The van der Waals surface area contributed by atoms with Gasteiger partial charge in [0.25, 0.3) is 0 Å². The van der Waals surface area contributed by atoms with Crippen LogP contribution in [0.4, 0.5) is 5.82 Å². The summed E-state index contributed by atoms with van der Waals surface area (Å²) in [4.78, 5) is 15.3. The van der Waals surface area contributed by atoms with Crippen LogP contribution >= 0.6 is 0 Å². The number of pyridine rings is 1. The predicted octanol–water partition coefficient (Wildman–Crippen LogP) is 1.91.